The molecule has 0 aromatic heterocycles. The second kappa shape index (κ2) is 4.90. The van der Waals surface area contributed by atoms with E-state index in [2.05, 4.69) is 0 Å². The molecule has 1 aliphatic carbocycles. The highest BCUT2D eigenvalue weighted by molar-refractivity contribution is 5.29. The molecule has 0 radical (unpaired) electrons. The SMILES string of the molecule is N[C@H]1C[C@@H](c2cccc(C(F)(F)F)c2)CC[C@@H]1O. The number of rotatable bonds is 1. The molecule has 18 heavy (non-hydrogen) atoms. The van der Waals surface area contributed by atoms with Crippen LogP contribution in [-0.4, -0.2) is 17.3 Å². The molecule has 0 bridgehead atoms. The maximum atomic E-state index is 12.6. The van der Waals surface area contributed by atoms with Crippen LogP contribution in [0.4, 0.5) is 13.2 Å². The highest BCUT2D eigenvalue weighted by atomic mass is 19.4. The van der Waals surface area contributed by atoms with Gasteiger partial charge in [-0.3, -0.25) is 0 Å². The van der Waals surface area contributed by atoms with Gasteiger partial charge in [-0.15, -0.1) is 0 Å². The molecule has 100 valence electrons. The van der Waals surface area contributed by atoms with Gasteiger partial charge in [-0.05, 0) is 36.8 Å². The van der Waals surface area contributed by atoms with Crippen LogP contribution in [0.15, 0.2) is 24.3 Å². The first kappa shape index (κ1) is 13.4. The molecule has 3 atom stereocenters. The van der Waals surface area contributed by atoms with Gasteiger partial charge in [0.25, 0.3) is 0 Å². The van der Waals surface area contributed by atoms with Gasteiger partial charge in [0.2, 0.25) is 0 Å². The Balaban J connectivity index is 2.19. The molecule has 1 aliphatic rings. The van der Waals surface area contributed by atoms with E-state index < -0.39 is 17.8 Å². The zero-order valence-corrected chi connectivity index (χ0v) is 9.82. The predicted molar refractivity (Wildman–Crippen MR) is 62.0 cm³/mol. The lowest BCUT2D eigenvalue weighted by Crippen LogP contribution is -2.39. The van der Waals surface area contributed by atoms with Crippen LogP contribution in [-0.2, 0) is 6.18 Å². The van der Waals surface area contributed by atoms with E-state index in [1.165, 1.54) is 12.1 Å². The molecule has 3 N–H and O–H groups in total. The molecule has 5 heteroatoms. The van der Waals surface area contributed by atoms with Gasteiger partial charge in [-0.1, -0.05) is 18.2 Å². The minimum Gasteiger partial charge on any atom is -0.392 e. The highest BCUT2D eigenvalue weighted by Gasteiger charge is 2.32. The van der Waals surface area contributed by atoms with Gasteiger partial charge in [0, 0.05) is 6.04 Å². The summed E-state index contributed by atoms with van der Waals surface area (Å²) in [6.45, 7) is 0. The molecular formula is C13H16F3NO. The van der Waals surface area contributed by atoms with Crippen LogP contribution in [0.3, 0.4) is 0 Å². The van der Waals surface area contributed by atoms with E-state index in [0.29, 0.717) is 24.8 Å². The molecule has 1 aromatic carbocycles. The standard InChI is InChI=1S/C13H16F3NO/c14-13(15,16)10-3-1-2-8(6-10)9-4-5-12(18)11(17)7-9/h1-3,6,9,11-12,18H,4-5,7,17H2/t9-,11-,12-/m0/s1. The van der Waals surface area contributed by atoms with Gasteiger partial charge in [-0.2, -0.15) is 13.2 Å². The molecule has 0 spiro atoms. The third kappa shape index (κ3) is 2.84. The van der Waals surface area contributed by atoms with Crippen molar-refractivity contribution in [1.29, 1.82) is 0 Å². The van der Waals surface area contributed by atoms with Gasteiger partial charge in [0.15, 0.2) is 0 Å². The van der Waals surface area contributed by atoms with Crippen LogP contribution in [0.5, 0.6) is 0 Å². The van der Waals surface area contributed by atoms with Crippen LogP contribution >= 0.6 is 0 Å². The van der Waals surface area contributed by atoms with Crippen LogP contribution < -0.4 is 5.73 Å². The average Bonchev–Trinajstić information content (AvgIpc) is 2.32. The summed E-state index contributed by atoms with van der Waals surface area (Å²) in [4.78, 5) is 0. The van der Waals surface area contributed by atoms with Crippen molar-refractivity contribution in [3.05, 3.63) is 35.4 Å². The number of hydrogen-bond donors (Lipinski definition) is 2. The summed E-state index contributed by atoms with van der Waals surface area (Å²) in [5, 5.41) is 9.52. The minimum atomic E-state index is -4.31. The number of halogens is 3. The number of benzene rings is 1. The predicted octanol–water partition coefficient (Wildman–Crippen LogP) is 2.66. The van der Waals surface area contributed by atoms with Crippen molar-refractivity contribution in [3.63, 3.8) is 0 Å². The fourth-order valence-corrected chi connectivity index (χ4v) is 2.46. The number of hydrogen-bond acceptors (Lipinski definition) is 2. The molecule has 1 saturated carbocycles. The van der Waals surface area contributed by atoms with Crippen molar-refractivity contribution in [3.8, 4) is 0 Å². The van der Waals surface area contributed by atoms with Gasteiger partial charge in [0.05, 0.1) is 11.7 Å². The Bertz CT molecular complexity index is 419. The molecule has 0 heterocycles. The summed E-state index contributed by atoms with van der Waals surface area (Å²) in [7, 11) is 0. The molecule has 0 amide bonds. The van der Waals surface area contributed by atoms with Crippen LogP contribution in [0.2, 0.25) is 0 Å². The molecule has 2 rings (SSSR count). The summed E-state index contributed by atoms with van der Waals surface area (Å²) < 4.78 is 37.8. The fraction of sp³-hybridized carbons (Fsp3) is 0.538. The first-order chi connectivity index (χ1) is 8.38. The Labute approximate surface area is 104 Å². The second-order valence-electron chi connectivity index (χ2n) is 4.86. The van der Waals surface area contributed by atoms with E-state index in [9.17, 15) is 18.3 Å². The van der Waals surface area contributed by atoms with Crippen molar-refractivity contribution >= 4 is 0 Å². The number of aliphatic hydroxyl groups is 1. The summed E-state index contributed by atoms with van der Waals surface area (Å²) in [5.74, 6) is 0.00528. The van der Waals surface area contributed by atoms with E-state index in [1.54, 1.807) is 6.07 Å². The topological polar surface area (TPSA) is 46.2 Å². The molecule has 2 nitrogen and oxygen atoms in total. The van der Waals surface area contributed by atoms with Crippen molar-refractivity contribution in [2.45, 2.75) is 43.5 Å². The number of aliphatic hydroxyl groups excluding tert-OH is 1. The largest absolute Gasteiger partial charge is 0.416 e. The number of alkyl halides is 3. The quantitative estimate of drug-likeness (QED) is 0.814. The zero-order valence-electron chi connectivity index (χ0n) is 9.82. The molecule has 0 saturated heterocycles. The normalized spacial score (nSPS) is 29.3. The molecule has 1 fully saturated rings. The Morgan fingerprint density at radius 3 is 2.56 bits per heavy atom. The molecular weight excluding hydrogens is 243 g/mol. The van der Waals surface area contributed by atoms with Crippen molar-refractivity contribution in [1.82, 2.24) is 0 Å². The molecule has 1 aromatic rings. The van der Waals surface area contributed by atoms with E-state index >= 15 is 0 Å². The summed E-state index contributed by atoms with van der Waals surface area (Å²) in [6, 6.07) is 5.04. The Morgan fingerprint density at radius 1 is 1.22 bits per heavy atom. The molecule has 0 unspecified atom stereocenters. The Hall–Kier alpha value is -1.07. The van der Waals surface area contributed by atoms with Gasteiger partial charge < -0.3 is 10.8 Å². The van der Waals surface area contributed by atoms with Gasteiger partial charge >= 0.3 is 6.18 Å². The average molecular weight is 259 g/mol. The van der Waals surface area contributed by atoms with E-state index in [4.69, 9.17) is 5.73 Å². The third-order valence-electron chi connectivity index (χ3n) is 3.55. The zero-order chi connectivity index (χ0) is 13.3. The maximum Gasteiger partial charge on any atom is 0.416 e. The summed E-state index contributed by atoms with van der Waals surface area (Å²) >= 11 is 0. The fourth-order valence-electron chi connectivity index (χ4n) is 2.46. The third-order valence-corrected chi connectivity index (χ3v) is 3.55. The van der Waals surface area contributed by atoms with Crippen molar-refractivity contribution < 1.29 is 18.3 Å². The minimum absolute atomic E-state index is 0.00528. The maximum absolute atomic E-state index is 12.6. The van der Waals surface area contributed by atoms with E-state index in [-0.39, 0.29) is 12.0 Å². The van der Waals surface area contributed by atoms with Gasteiger partial charge in [-0.25, -0.2) is 0 Å². The monoisotopic (exact) mass is 259 g/mol. The van der Waals surface area contributed by atoms with Gasteiger partial charge in [0.1, 0.15) is 0 Å². The lowest BCUT2D eigenvalue weighted by Gasteiger charge is -2.31. The Morgan fingerprint density at radius 2 is 1.94 bits per heavy atom. The lowest BCUT2D eigenvalue weighted by molar-refractivity contribution is -0.137. The number of nitrogens with two attached hydrogens (primary N) is 1. The highest BCUT2D eigenvalue weighted by Crippen LogP contribution is 2.36. The van der Waals surface area contributed by atoms with E-state index in [1.807, 2.05) is 0 Å². The first-order valence-electron chi connectivity index (χ1n) is 5.98. The van der Waals surface area contributed by atoms with Crippen LogP contribution in [0.1, 0.15) is 36.3 Å². The first-order valence-corrected chi connectivity index (χ1v) is 5.98. The smallest absolute Gasteiger partial charge is 0.392 e. The van der Waals surface area contributed by atoms with Crippen LogP contribution in [0, 0.1) is 0 Å². The molecule has 0 aliphatic heterocycles. The van der Waals surface area contributed by atoms with E-state index in [0.717, 1.165) is 6.07 Å². The van der Waals surface area contributed by atoms with Crippen molar-refractivity contribution in [2.24, 2.45) is 5.73 Å². The summed E-state index contributed by atoms with van der Waals surface area (Å²) in [5.41, 5.74) is 5.79. The lowest BCUT2D eigenvalue weighted by atomic mass is 9.80. The summed E-state index contributed by atoms with van der Waals surface area (Å²) in [6.07, 6.45) is -3.10. The van der Waals surface area contributed by atoms with Crippen LogP contribution in [0.25, 0.3) is 0 Å². The second-order valence-corrected chi connectivity index (χ2v) is 4.86. The van der Waals surface area contributed by atoms with Crippen molar-refractivity contribution in [2.75, 3.05) is 0 Å². The Kier molecular flexibility index (Phi) is 3.64.